The molecule has 1 heterocycles. The number of amides is 1. The van der Waals surface area contributed by atoms with E-state index in [0.717, 1.165) is 23.3 Å². The van der Waals surface area contributed by atoms with Gasteiger partial charge in [0, 0.05) is 5.56 Å². The van der Waals surface area contributed by atoms with Gasteiger partial charge in [-0.1, -0.05) is 53.8 Å². The van der Waals surface area contributed by atoms with Gasteiger partial charge in [-0.2, -0.15) is 10.1 Å². The summed E-state index contributed by atoms with van der Waals surface area (Å²) in [6.45, 7) is 2.51. The molecule has 1 amide bonds. The molecule has 4 aromatic carbocycles. The van der Waals surface area contributed by atoms with Gasteiger partial charge in [-0.05, 0) is 84.6 Å². The number of carbonyl (C=O) groups is 1. The first-order valence-corrected chi connectivity index (χ1v) is 12.7. The smallest absolute Gasteiger partial charge is 0.280 e. The summed E-state index contributed by atoms with van der Waals surface area (Å²) >= 11 is 1.21. The number of ether oxygens (including phenoxy) is 1. The molecular weight excluding hydrogens is 485 g/mol. The lowest BCUT2D eigenvalue weighted by atomic mass is 10.0. The quantitative estimate of drug-likeness (QED) is 0.166. The van der Waals surface area contributed by atoms with E-state index in [1.54, 1.807) is 24.4 Å². The third-order valence-electron chi connectivity index (χ3n) is 5.68. The summed E-state index contributed by atoms with van der Waals surface area (Å²) in [5.41, 5.74) is 4.18. The van der Waals surface area contributed by atoms with Crippen molar-refractivity contribution in [1.29, 1.82) is 0 Å². The number of aromatic nitrogens is 1. The Morgan fingerprint density at radius 1 is 0.973 bits per heavy atom. The van der Waals surface area contributed by atoms with Crippen LogP contribution >= 0.6 is 11.3 Å². The van der Waals surface area contributed by atoms with E-state index in [1.165, 1.54) is 34.0 Å². The van der Waals surface area contributed by atoms with E-state index in [0.29, 0.717) is 27.5 Å². The standard InChI is InChI=1S/C30H24FN3O2S/c1-2-36-26-15-10-23(11-16-26)20-32-34(30-33-27-17-14-25(31)19-28(27)37-30)29(35)24-12-8-22(9-13-24)18-21-6-4-3-5-7-21/h3-17,19-20H,2,18H2,1H3/b32-20+. The highest BCUT2D eigenvalue weighted by atomic mass is 32.1. The number of halogens is 1. The Morgan fingerprint density at radius 3 is 2.43 bits per heavy atom. The van der Waals surface area contributed by atoms with Crippen molar-refractivity contribution >= 4 is 38.8 Å². The molecule has 5 nitrogen and oxygen atoms in total. The first-order valence-electron chi connectivity index (χ1n) is 11.9. The molecule has 0 aliphatic heterocycles. The number of thiazole rings is 1. The summed E-state index contributed by atoms with van der Waals surface area (Å²) in [6.07, 6.45) is 2.38. The maximum absolute atomic E-state index is 13.8. The van der Waals surface area contributed by atoms with Crippen LogP contribution in [0.1, 0.15) is 34.0 Å². The van der Waals surface area contributed by atoms with Gasteiger partial charge in [0.15, 0.2) is 0 Å². The molecule has 37 heavy (non-hydrogen) atoms. The SMILES string of the molecule is CCOc1ccc(/C=N/N(C(=O)c2ccc(Cc3ccccc3)cc2)c2nc3ccc(F)cc3s2)cc1. The number of anilines is 1. The van der Waals surface area contributed by atoms with Crippen LogP contribution in [0, 0.1) is 5.82 Å². The molecule has 0 aliphatic rings. The number of rotatable bonds is 8. The van der Waals surface area contributed by atoms with E-state index in [1.807, 2.05) is 61.5 Å². The van der Waals surface area contributed by atoms with E-state index < -0.39 is 0 Å². The number of hydrazone groups is 1. The maximum atomic E-state index is 13.8. The van der Waals surface area contributed by atoms with Gasteiger partial charge in [0.05, 0.1) is 23.0 Å². The highest BCUT2D eigenvalue weighted by Gasteiger charge is 2.21. The van der Waals surface area contributed by atoms with E-state index in [2.05, 4.69) is 22.2 Å². The number of carbonyl (C=O) groups excluding carboxylic acids is 1. The van der Waals surface area contributed by atoms with Crippen molar-refractivity contribution < 1.29 is 13.9 Å². The Labute approximate surface area is 218 Å². The predicted octanol–water partition coefficient (Wildman–Crippen LogP) is 7.11. The number of hydrogen-bond acceptors (Lipinski definition) is 5. The average Bonchev–Trinajstić information content (AvgIpc) is 3.33. The fraction of sp³-hybridized carbons (Fsp3) is 0.100. The van der Waals surface area contributed by atoms with Crippen molar-refractivity contribution in [2.45, 2.75) is 13.3 Å². The Hall–Kier alpha value is -4.36. The van der Waals surface area contributed by atoms with Crippen molar-refractivity contribution in [3.63, 3.8) is 0 Å². The molecular formula is C30H24FN3O2S. The molecule has 5 rings (SSSR count). The summed E-state index contributed by atoms with van der Waals surface area (Å²) < 4.78 is 19.9. The van der Waals surface area contributed by atoms with Crippen molar-refractivity contribution in [3.05, 3.63) is 125 Å². The number of benzene rings is 4. The second kappa shape index (κ2) is 11.1. The van der Waals surface area contributed by atoms with Crippen LogP contribution in [-0.2, 0) is 6.42 Å². The molecule has 0 N–H and O–H groups in total. The van der Waals surface area contributed by atoms with Gasteiger partial charge in [0.25, 0.3) is 5.91 Å². The highest BCUT2D eigenvalue weighted by molar-refractivity contribution is 7.22. The molecule has 0 saturated heterocycles. The lowest BCUT2D eigenvalue weighted by Gasteiger charge is -2.14. The summed E-state index contributed by atoms with van der Waals surface area (Å²) in [4.78, 5) is 18.2. The van der Waals surface area contributed by atoms with Crippen LogP contribution < -0.4 is 9.75 Å². The zero-order chi connectivity index (χ0) is 25.6. The largest absolute Gasteiger partial charge is 0.494 e. The topological polar surface area (TPSA) is 54.8 Å². The van der Waals surface area contributed by atoms with Gasteiger partial charge in [0.1, 0.15) is 11.6 Å². The summed E-state index contributed by atoms with van der Waals surface area (Å²) in [7, 11) is 0. The molecule has 5 aromatic rings. The van der Waals surface area contributed by atoms with Gasteiger partial charge in [0.2, 0.25) is 5.13 Å². The first-order chi connectivity index (χ1) is 18.1. The third kappa shape index (κ3) is 5.90. The van der Waals surface area contributed by atoms with E-state index in [9.17, 15) is 9.18 Å². The molecule has 0 radical (unpaired) electrons. The van der Waals surface area contributed by atoms with Crippen LogP contribution in [0.5, 0.6) is 5.75 Å². The Balaban J connectivity index is 1.44. The number of hydrogen-bond donors (Lipinski definition) is 0. The van der Waals surface area contributed by atoms with Crippen molar-refractivity contribution in [2.24, 2.45) is 5.10 Å². The predicted molar refractivity (Wildman–Crippen MR) is 147 cm³/mol. The fourth-order valence-corrected chi connectivity index (χ4v) is 4.77. The van der Waals surface area contributed by atoms with Crippen molar-refractivity contribution in [1.82, 2.24) is 4.98 Å². The molecule has 0 aliphatic carbocycles. The molecule has 0 unspecified atom stereocenters. The molecule has 7 heteroatoms. The summed E-state index contributed by atoms with van der Waals surface area (Å²) in [5.74, 6) is 0.0804. The van der Waals surface area contributed by atoms with Gasteiger partial charge in [-0.25, -0.2) is 9.37 Å². The zero-order valence-corrected chi connectivity index (χ0v) is 21.0. The van der Waals surface area contributed by atoms with Gasteiger partial charge >= 0.3 is 0 Å². The average molecular weight is 510 g/mol. The highest BCUT2D eigenvalue weighted by Crippen LogP contribution is 2.30. The van der Waals surface area contributed by atoms with Crippen LogP contribution in [0.15, 0.2) is 102 Å². The normalized spacial score (nSPS) is 11.2. The maximum Gasteiger partial charge on any atom is 0.280 e. The third-order valence-corrected chi connectivity index (χ3v) is 6.67. The minimum absolute atomic E-state index is 0.326. The van der Waals surface area contributed by atoms with Crippen molar-refractivity contribution in [3.8, 4) is 5.75 Å². The summed E-state index contributed by atoms with van der Waals surface area (Å²) in [6, 6.07) is 29.4. The van der Waals surface area contributed by atoms with Gasteiger partial charge in [-0.15, -0.1) is 0 Å². The number of nitrogens with zero attached hydrogens (tertiary/aromatic N) is 3. The minimum atomic E-state index is -0.354. The van der Waals surface area contributed by atoms with Gasteiger partial charge in [-0.3, -0.25) is 4.79 Å². The molecule has 0 atom stereocenters. The molecule has 184 valence electrons. The Morgan fingerprint density at radius 2 is 1.70 bits per heavy atom. The first kappa shape index (κ1) is 24.3. The lowest BCUT2D eigenvalue weighted by molar-refractivity contribution is 0.0988. The fourth-order valence-electron chi connectivity index (χ4n) is 3.83. The monoisotopic (exact) mass is 509 g/mol. The minimum Gasteiger partial charge on any atom is -0.494 e. The van der Waals surface area contributed by atoms with E-state index >= 15 is 0 Å². The molecule has 0 saturated carbocycles. The van der Waals surface area contributed by atoms with Crippen molar-refractivity contribution in [2.75, 3.05) is 11.6 Å². The van der Waals surface area contributed by atoms with E-state index in [4.69, 9.17) is 4.74 Å². The second-order valence-electron chi connectivity index (χ2n) is 8.33. The molecule has 0 spiro atoms. The molecule has 0 fully saturated rings. The van der Waals surface area contributed by atoms with E-state index in [-0.39, 0.29) is 11.7 Å². The van der Waals surface area contributed by atoms with Crippen LogP contribution in [0.4, 0.5) is 9.52 Å². The molecule has 0 bridgehead atoms. The Kier molecular flexibility index (Phi) is 7.33. The van der Waals surface area contributed by atoms with Crippen LogP contribution in [0.2, 0.25) is 0 Å². The molecule has 1 aromatic heterocycles. The van der Waals surface area contributed by atoms with Gasteiger partial charge < -0.3 is 4.74 Å². The van der Waals surface area contributed by atoms with Crippen LogP contribution in [0.25, 0.3) is 10.2 Å². The zero-order valence-electron chi connectivity index (χ0n) is 20.2. The number of fused-ring (bicyclic) bond motifs is 1. The second-order valence-corrected chi connectivity index (χ2v) is 9.34. The lowest BCUT2D eigenvalue weighted by Crippen LogP contribution is -2.25. The van der Waals surface area contributed by atoms with Crippen LogP contribution in [-0.4, -0.2) is 23.7 Å². The summed E-state index contributed by atoms with van der Waals surface area (Å²) in [5, 5.41) is 6.13. The Bertz CT molecular complexity index is 1530. The van der Waals surface area contributed by atoms with Crippen LogP contribution in [0.3, 0.4) is 0 Å².